The van der Waals surface area contributed by atoms with Gasteiger partial charge >= 0.3 is 5.97 Å². The van der Waals surface area contributed by atoms with E-state index in [2.05, 4.69) is 0 Å². The Labute approximate surface area is 112 Å². The number of hydrogen-bond donors (Lipinski definition) is 1. The molecule has 1 rings (SSSR count). The Balaban J connectivity index is 2.42. The lowest BCUT2D eigenvalue weighted by Crippen LogP contribution is -2.18. The predicted molar refractivity (Wildman–Crippen MR) is 70.5 cm³/mol. The summed E-state index contributed by atoms with van der Waals surface area (Å²) < 4.78 is 31.6. The average molecular weight is 287 g/mol. The highest BCUT2D eigenvalue weighted by molar-refractivity contribution is 7.89. The number of benzene rings is 1. The minimum atomic E-state index is -3.44. The molecule has 0 heterocycles. The molecular weight excluding hydrogens is 270 g/mol. The molecule has 0 aliphatic carbocycles. The number of esters is 1. The van der Waals surface area contributed by atoms with Gasteiger partial charge in [-0.3, -0.25) is 0 Å². The van der Waals surface area contributed by atoms with E-state index in [9.17, 15) is 13.2 Å². The van der Waals surface area contributed by atoms with Crippen LogP contribution in [0, 0.1) is 0 Å². The molecule has 0 amide bonds. The highest BCUT2D eigenvalue weighted by Crippen LogP contribution is 2.13. The molecule has 7 heteroatoms. The SMILES string of the molecule is CCOC(=O)c1ccc(OCCCS(N)(=O)=O)cc1. The fourth-order valence-electron chi connectivity index (χ4n) is 1.35. The third-order valence-electron chi connectivity index (χ3n) is 2.21. The lowest BCUT2D eigenvalue weighted by Gasteiger charge is -2.06. The van der Waals surface area contributed by atoms with Crippen LogP contribution in [0.2, 0.25) is 0 Å². The molecule has 1 aromatic carbocycles. The lowest BCUT2D eigenvalue weighted by atomic mass is 10.2. The summed E-state index contributed by atoms with van der Waals surface area (Å²) in [4.78, 5) is 11.4. The molecule has 0 spiro atoms. The summed E-state index contributed by atoms with van der Waals surface area (Å²) in [5.41, 5.74) is 0.443. The molecule has 19 heavy (non-hydrogen) atoms. The normalized spacial score (nSPS) is 11.1. The van der Waals surface area contributed by atoms with Gasteiger partial charge in [-0.2, -0.15) is 0 Å². The van der Waals surface area contributed by atoms with Gasteiger partial charge in [-0.15, -0.1) is 0 Å². The van der Waals surface area contributed by atoms with Crippen molar-refractivity contribution in [1.82, 2.24) is 0 Å². The molecule has 0 bridgehead atoms. The zero-order valence-electron chi connectivity index (χ0n) is 10.7. The first-order valence-corrected chi connectivity index (χ1v) is 7.54. The van der Waals surface area contributed by atoms with Crippen molar-refractivity contribution in [1.29, 1.82) is 0 Å². The number of rotatable bonds is 7. The van der Waals surface area contributed by atoms with Crippen molar-refractivity contribution >= 4 is 16.0 Å². The van der Waals surface area contributed by atoms with Gasteiger partial charge < -0.3 is 9.47 Å². The maximum atomic E-state index is 11.4. The Hall–Kier alpha value is -1.60. The molecule has 0 aromatic heterocycles. The standard InChI is InChI=1S/C12H17NO5S/c1-2-17-12(14)10-4-6-11(7-5-10)18-8-3-9-19(13,15)16/h4-7H,2-3,8-9H2,1H3,(H2,13,15,16). The third kappa shape index (κ3) is 6.21. The molecule has 0 unspecified atom stereocenters. The van der Waals surface area contributed by atoms with E-state index in [4.69, 9.17) is 14.6 Å². The second-order valence-corrected chi connectivity index (χ2v) is 5.55. The van der Waals surface area contributed by atoms with E-state index in [-0.39, 0.29) is 18.3 Å². The van der Waals surface area contributed by atoms with Crippen LogP contribution in [-0.2, 0) is 14.8 Å². The summed E-state index contributed by atoms with van der Waals surface area (Å²) >= 11 is 0. The Bertz CT molecular complexity index is 509. The van der Waals surface area contributed by atoms with Gasteiger partial charge in [0.2, 0.25) is 10.0 Å². The topological polar surface area (TPSA) is 95.7 Å². The summed E-state index contributed by atoms with van der Waals surface area (Å²) in [6.07, 6.45) is 0.318. The van der Waals surface area contributed by atoms with Gasteiger partial charge in [0.05, 0.1) is 24.5 Å². The number of nitrogens with two attached hydrogens (primary N) is 1. The van der Waals surface area contributed by atoms with Crippen molar-refractivity contribution < 1.29 is 22.7 Å². The van der Waals surface area contributed by atoms with Crippen LogP contribution in [0.25, 0.3) is 0 Å². The van der Waals surface area contributed by atoms with Crippen LogP contribution in [0.15, 0.2) is 24.3 Å². The van der Waals surface area contributed by atoms with E-state index in [1.54, 1.807) is 31.2 Å². The van der Waals surface area contributed by atoms with Crippen LogP contribution in [-0.4, -0.2) is 33.4 Å². The highest BCUT2D eigenvalue weighted by atomic mass is 32.2. The maximum Gasteiger partial charge on any atom is 0.338 e. The van der Waals surface area contributed by atoms with E-state index in [1.807, 2.05) is 0 Å². The van der Waals surface area contributed by atoms with Crippen molar-refractivity contribution in [2.45, 2.75) is 13.3 Å². The fraction of sp³-hybridized carbons (Fsp3) is 0.417. The van der Waals surface area contributed by atoms with Crippen molar-refractivity contribution in [2.24, 2.45) is 5.14 Å². The fourth-order valence-corrected chi connectivity index (χ4v) is 1.87. The molecule has 0 radical (unpaired) electrons. The molecule has 106 valence electrons. The molecule has 0 aliphatic heterocycles. The Kier molecular flexibility index (Phi) is 5.78. The van der Waals surface area contributed by atoms with Crippen LogP contribution in [0.1, 0.15) is 23.7 Å². The molecular formula is C12H17NO5S. The summed E-state index contributed by atoms with van der Waals surface area (Å²) in [7, 11) is -3.44. The van der Waals surface area contributed by atoms with E-state index >= 15 is 0 Å². The van der Waals surface area contributed by atoms with Crippen LogP contribution >= 0.6 is 0 Å². The lowest BCUT2D eigenvalue weighted by molar-refractivity contribution is 0.0526. The summed E-state index contributed by atoms with van der Waals surface area (Å²) in [6, 6.07) is 6.44. The quantitative estimate of drug-likeness (QED) is 0.594. The van der Waals surface area contributed by atoms with Crippen molar-refractivity contribution in [3.05, 3.63) is 29.8 Å². The van der Waals surface area contributed by atoms with Gasteiger partial charge in [0.15, 0.2) is 0 Å². The van der Waals surface area contributed by atoms with Gasteiger partial charge in [-0.1, -0.05) is 0 Å². The molecule has 2 N–H and O–H groups in total. The average Bonchev–Trinajstić information content (AvgIpc) is 2.34. The monoisotopic (exact) mass is 287 g/mol. The molecule has 0 saturated heterocycles. The van der Waals surface area contributed by atoms with Gasteiger partial charge in [0, 0.05) is 0 Å². The predicted octanol–water partition coefficient (Wildman–Crippen LogP) is 0.921. The molecule has 6 nitrogen and oxygen atoms in total. The van der Waals surface area contributed by atoms with E-state index in [0.29, 0.717) is 24.3 Å². The molecule has 0 saturated carbocycles. The van der Waals surface area contributed by atoms with Crippen LogP contribution in [0.3, 0.4) is 0 Å². The zero-order chi connectivity index (χ0) is 14.3. The van der Waals surface area contributed by atoms with Crippen LogP contribution in [0.5, 0.6) is 5.75 Å². The number of sulfonamides is 1. The van der Waals surface area contributed by atoms with Gasteiger partial charge in [-0.25, -0.2) is 18.4 Å². The van der Waals surface area contributed by atoms with E-state index in [0.717, 1.165) is 0 Å². The second kappa shape index (κ2) is 7.10. The summed E-state index contributed by atoms with van der Waals surface area (Å²) in [5, 5.41) is 4.86. The number of carbonyl (C=O) groups excluding carboxylic acids is 1. The summed E-state index contributed by atoms with van der Waals surface area (Å²) in [6.45, 7) is 2.31. The Morgan fingerprint density at radius 2 is 1.89 bits per heavy atom. The number of primary sulfonamides is 1. The minimum Gasteiger partial charge on any atom is -0.494 e. The van der Waals surface area contributed by atoms with E-state index in [1.165, 1.54) is 0 Å². The van der Waals surface area contributed by atoms with Gasteiger partial charge in [0.25, 0.3) is 0 Å². The van der Waals surface area contributed by atoms with Crippen molar-refractivity contribution in [2.75, 3.05) is 19.0 Å². The second-order valence-electron chi connectivity index (χ2n) is 3.81. The zero-order valence-corrected chi connectivity index (χ0v) is 11.5. The first-order chi connectivity index (χ1) is 8.92. The first-order valence-electron chi connectivity index (χ1n) is 5.83. The van der Waals surface area contributed by atoms with Crippen molar-refractivity contribution in [3.8, 4) is 5.75 Å². The van der Waals surface area contributed by atoms with Gasteiger partial charge in [-0.05, 0) is 37.6 Å². The Morgan fingerprint density at radius 1 is 1.26 bits per heavy atom. The van der Waals surface area contributed by atoms with Gasteiger partial charge in [0.1, 0.15) is 5.75 Å². The van der Waals surface area contributed by atoms with Crippen LogP contribution < -0.4 is 9.88 Å². The maximum absolute atomic E-state index is 11.4. The Morgan fingerprint density at radius 3 is 2.42 bits per heavy atom. The number of hydrogen-bond acceptors (Lipinski definition) is 5. The molecule has 0 fully saturated rings. The largest absolute Gasteiger partial charge is 0.494 e. The van der Waals surface area contributed by atoms with Crippen LogP contribution in [0.4, 0.5) is 0 Å². The molecule has 0 atom stereocenters. The minimum absolute atomic E-state index is 0.117. The first kappa shape index (κ1) is 15.5. The highest BCUT2D eigenvalue weighted by Gasteiger charge is 2.06. The van der Waals surface area contributed by atoms with Crippen molar-refractivity contribution in [3.63, 3.8) is 0 Å². The number of ether oxygens (including phenoxy) is 2. The third-order valence-corrected chi connectivity index (χ3v) is 3.07. The van der Waals surface area contributed by atoms with E-state index < -0.39 is 10.0 Å². The summed E-state index contributed by atoms with van der Waals surface area (Å²) in [5.74, 6) is 0.0548. The number of carbonyl (C=O) groups is 1. The molecule has 0 aliphatic rings. The molecule has 1 aromatic rings. The smallest absolute Gasteiger partial charge is 0.338 e.